The number of hydrogen-bond acceptors (Lipinski definition) is 4. The number of carbonyl (C=O) groups excluding carboxylic acids is 1. The van der Waals surface area contributed by atoms with Crippen molar-refractivity contribution in [3.63, 3.8) is 0 Å². The van der Waals surface area contributed by atoms with Crippen LogP contribution in [0.4, 0.5) is 0 Å². The van der Waals surface area contributed by atoms with Crippen LogP contribution >= 0.6 is 0 Å². The number of benzene rings is 1. The Bertz CT molecular complexity index is 771. The summed E-state index contributed by atoms with van der Waals surface area (Å²) in [7, 11) is 3.35. The van der Waals surface area contributed by atoms with Gasteiger partial charge in [-0.25, -0.2) is 0 Å². The van der Waals surface area contributed by atoms with Crippen molar-refractivity contribution in [2.45, 2.75) is 45.4 Å². The summed E-state index contributed by atoms with van der Waals surface area (Å²) >= 11 is 0. The van der Waals surface area contributed by atoms with E-state index in [1.54, 1.807) is 0 Å². The second kappa shape index (κ2) is 5.35. The molecule has 2 N–H and O–H groups in total. The molecule has 1 aliphatic heterocycles. The van der Waals surface area contributed by atoms with Crippen LogP contribution in [-0.2, 0) is 29.7 Å². The quantitative estimate of drug-likeness (QED) is 0.865. The number of fused-ring (bicyclic) bond motifs is 2. The highest BCUT2D eigenvalue weighted by molar-refractivity contribution is 5.91. The molecule has 2 heterocycles. The molecule has 5 heteroatoms. The van der Waals surface area contributed by atoms with Gasteiger partial charge in [-0.15, -0.1) is 0 Å². The number of methoxy groups -OCH3 is 1. The molecule has 0 fully saturated rings. The molecule has 0 saturated carbocycles. The van der Waals surface area contributed by atoms with Crippen LogP contribution in [0.15, 0.2) is 18.3 Å². The summed E-state index contributed by atoms with van der Waals surface area (Å²) in [6, 6.07) is 3.67. The number of carbonyl (C=O) groups is 1. The van der Waals surface area contributed by atoms with E-state index in [4.69, 9.17) is 10.5 Å². The van der Waals surface area contributed by atoms with Crippen LogP contribution in [0.25, 0.3) is 10.9 Å². The number of aromatic nitrogens is 1. The number of aryl methyl sites for hydroxylation is 1. The predicted octanol–water partition coefficient (Wildman–Crippen LogP) is 2.47. The summed E-state index contributed by atoms with van der Waals surface area (Å²) in [5, 5.41) is 1.04. The predicted molar refractivity (Wildman–Crippen MR) is 90.9 cm³/mol. The van der Waals surface area contributed by atoms with Gasteiger partial charge in [0.2, 0.25) is 0 Å². The van der Waals surface area contributed by atoms with Crippen LogP contribution < -0.4 is 5.73 Å². The Morgan fingerprint density at radius 1 is 1.26 bits per heavy atom. The Hall–Kier alpha value is -1.85. The molecule has 1 unspecified atom stereocenters. The van der Waals surface area contributed by atoms with E-state index in [1.807, 2.05) is 17.8 Å². The minimum absolute atomic E-state index is 0.135. The normalized spacial score (nSPS) is 16.6. The molecule has 0 spiro atoms. The summed E-state index contributed by atoms with van der Waals surface area (Å²) < 4.78 is 6.83. The third-order valence-corrected chi connectivity index (χ3v) is 4.80. The summed E-state index contributed by atoms with van der Waals surface area (Å²) in [4.78, 5) is 14.3. The van der Waals surface area contributed by atoms with Crippen molar-refractivity contribution in [1.82, 2.24) is 9.47 Å². The topological polar surface area (TPSA) is 60.5 Å². The van der Waals surface area contributed by atoms with Gasteiger partial charge in [-0.1, -0.05) is 0 Å². The van der Waals surface area contributed by atoms with Gasteiger partial charge in [-0.05, 0) is 44.0 Å². The molecule has 2 aromatic rings. The van der Waals surface area contributed by atoms with E-state index < -0.39 is 12.0 Å². The van der Waals surface area contributed by atoms with E-state index in [2.05, 4.69) is 37.8 Å². The maximum atomic E-state index is 11.8. The van der Waals surface area contributed by atoms with Crippen LogP contribution in [0.5, 0.6) is 0 Å². The van der Waals surface area contributed by atoms with E-state index in [9.17, 15) is 4.79 Å². The Morgan fingerprint density at radius 2 is 1.87 bits per heavy atom. The molecule has 124 valence electrons. The first kappa shape index (κ1) is 16.0. The van der Waals surface area contributed by atoms with Crippen LogP contribution in [-0.4, -0.2) is 28.1 Å². The molecule has 1 aliphatic rings. The number of nitrogens with two attached hydrogens (primary N) is 1. The average molecular weight is 315 g/mol. The summed E-state index contributed by atoms with van der Waals surface area (Å²) in [6.07, 6.45) is 1.93. The van der Waals surface area contributed by atoms with Crippen LogP contribution in [0.2, 0.25) is 0 Å². The molecular formula is C18H25N3O2. The van der Waals surface area contributed by atoms with Crippen molar-refractivity contribution in [3.05, 3.63) is 35.0 Å². The van der Waals surface area contributed by atoms with Crippen molar-refractivity contribution in [2.24, 2.45) is 12.8 Å². The van der Waals surface area contributed by atoms with E-state index in [-0.39, 0.29) is 5.54 Å². The second-order valence-electron chi connectivity index (χ2n) is 7.36. The third kappa shape index (κ3) is 2.64. The van der Waals surface area contributed by atoms with Crippen molar-refractivity contribution in [2.75, 3.05) is 7.11 Å². The van der Waals surface area contributed by atoms with Crippen molar-refractivity contribution in [3.8, 4) is 0 Å². The number of hydrogen-bond donors (Lipinski definition) is 1. The molecule has 5 nitrogen and oxygen atoms in total. The Morgan fingerprint density at radius 3 is 2.43 bits per heavy atom. The van der Waals surface area contributed by atoms with Crippen LogP contribution in [0, 0.1) is 0 Å². The lowest BCUT2D eigenvalue weighted by Gasteiger charge is -2.31. The first-order chi connectivity index (χ1) is 10.7. The van der Waals surface area contributed by atoms with Gasteiger partial charge >= 0.3 is 5.97 Å². The van der Waals surface area contributed by atoms with Gasteiger partial charge in [-0.2, -0.15) is 0 Å². The molecule has 23 heavy (non-hydrogen) atoms. The van der Waals surface area contributed by atoms with E-state index in [1.165, 1.54) is 18.2 Å². The van der Waals surface area contributed by atoms with Crippen molar-refractivity contribution >= 4 is 16.9 Å². The summed E-state index contributed by atoms with van der Waals surface area (Å²) in [5.41, 5.74) is 10.8. The highest BCUT2D eigenvalue weighted by atomic mass is 16.5. The second-order valence-corrected chi connectivity index (χ2v) is 7.36. The molecule has 0 saturated heterocycles. The van der Waals surface area contributed by atoms with Crippen molar-refractivity contribution < 1.29 is 9.53 Å². The van der Waals surface area contributed by atoms with Crippen LogP contribution in [0.1, 0.15) is 43.5 Å². The maximum absolute atomic E-state index is 11.8. The van der Waals surface area contributed by atoms with E-state index in [0.29, 0.717) is 0 Å². The monoisotopic (exact) mass is 315 g/mol. The SMILES string of the molecule is COC(=O)C(N)c1cn(C)c2cc3c(cc12)CN(C(C)(C)C)C3. The Kier molecular flexibility index (Phi) is 3.73. The standard InChI is InChI=1S/C18H25N3O2/c1-18(2,3)21-8-11-6-13-14(16(19)17(22)23-5)10-20(4)15(13)7-12(11)9-21/h6-7,10,16H,8-9,19H2,1-5H3. The molecule has 0 bridgehead atoms. The molecule has 1 aromatic carbocycles. The zero-order chi connectivity index (χ0) is 16.9. The fourth-order valence-electron chi connectivity index (χ4n) is 3.28. The maximum Gasteiger partial charge on any atom is 0.327 e. The van der Waals surface area contributed by atoms with Gasteiger partial charge < -0.3 is 15.0 Å². The molecule has 0 radical (unpaired) electrons. The van der Waals surface area contributed by atoms with E-state index >= 15 is 0 Å². The molecule has 1 atom stereocenters. The Labute approximate surface area is 137 Å². The minimum atomic E-state index is -0.748. The lowest BCUT2D eigenvalue weighted by atomic mass is 10.0. The lowest BCUT2D eigenvalue weighted by Crippen LogP contribution is -2.36. The van der Waals surface area contributed by atoms with Gasteiger partial charge in [0.25, 0.3) is 0 Å². The van der Waals surface area contributed by atoms with Gasteiger partial charge in [0.15, 0.2) is 0 Å². The summed E-state index contributed by atoms with van der Waals surface area (Å²) in [5.74, 6) is -0.408. The molecule has 0 amide bonds. The Balaban J connectivity index is 2.07. The summed E-state index contributed by atoms with van der Waals surface area (Å²) in [6.45, 7) is 8.58. The number of nitrogens with zero attached hydrogens (tertiary/aromatic N) is 2. The first-order valence-corrected chi connectivity index (χ1v) is 7.91. The minimum Gasteiger partial charge on any atom is -0.468 e. The number of esters is 1. The van der Waals surface area contributed by atoms with Crippen LogP contribution in [0.3, 0.4) is 0 Å². The zero-order valence-corrected chi connectivity index (χ0v) is 14.5. The smallest absolute Gasteiger partial charge is 0.327 e. The van der Waals surface area contributed by atoms with E-state index in [0.717, 1.165) is 29.6 Å². The number of rotatable bonds is 2. The third-order valence-electron chi connectivity index (χ3n) is 4.80. The highest BCUT2D eigenvalue weighted by Crippen LogP contribution is 2.35. The fraction of sp³-hybridized carbons (Fsp3) is 0.500. The molecule has 1 aromatic heterocycles. The molecule has 0 aliphatic carbocycles. The van der Waals surface area contributed by atoms with Gasteiger partial charge in [0, 0.05) is 48.3 Å². The largest absolute Gasteiger partial charge is 0.468 e. The molecule has 3 rings (SSSR count). The van der Waals surface area contributed by atoms with Gasteiger partial charge in [-0.3, -0.25) is 9.69 Å². The van der Waals surface area contributed by atoms with Gasteiger partial charge in [0.1, 0.15) is 6.04 Å². The van der Waals surface area contributed by atoms with Crippen molar-refractivity contribution in [1.29, 1.82) is 0 Å². The fourth-order valence-corrected chi connectivity index (χ4v) is 3.28. The first-order valence-electron chi connectivity index (χ1n) is 7.91. The zero-order valence-electron chi connectivity index (χ0n) is 14.5. The molecular weight excluding hydrogens is 290 g/mol. The highest BCUT2D eigenvalue weighted by Gasteiger charge is 2.29. The average Bonchev–Trinajstić information content (AvgIpc) is 3.05. The lowest BCUT2D eigenvalue weighted by molar-refractivity contribution is -0.142. The van der Waals surface area contributed by atoms with Gasteiger partial charge in [0.05, 0.1) is 7.11 Å². The number of ether oxygens (including phenoxy) is 1.